The second-order valence-corrected chi connectivity index (χ2v) is 7.17. The van der Waals surface area contributed by atoms with Crippen molar-refractivity contribution in [3.63, 3.8) is 0 Å². The van der Waals surface area contributed by atoms with E-state index in [1.807, 2.05) is 0 Å². The molecule has 1 atom stereocenters. The van der Waals surface area contributed by atoms with Crippen LogP contribution < -0.4 is 4.90 Å². The molecule has 1 aliphatic rings. The predicted molar refractivity (Wildman–Crippen MR) is 93.9 cm³/mol. The lowest BCUT2D eigenvalue weighted by molar-refractivity contribution is -0.135. The van der Waals surface area contributed by atoms with Crippen LogP contribution in [0.4, 0.5) is 5.69 Å². The van der Waals surface area contributed by atoms with Crippen LogP contribution in [0.25, 0.3) is 0 Å². The van der Waals surface area contributed by atoms with Gasteiger partial charge in [0.1, 0.15) is 0 Å². The van der Waals surface area contributed by atoms with Gasteiger partial charge in [-0.1, -0.05) is 28.1 Å². The van der Waals surface area contributed by atoms with E-state index in [1.165, 1.54) is 16.2 Å². The van der Waals surface area contributed by atoms with Crippen LogP contribution in [-0.4, -0.2) is 23.3 Å². The minimum Gasteiger partial charge on any atom is -0.375 e. The Bertz CT molecular complexity index is 787. The van der Waals surface area contributed by atoms with Gasteiger partial charge >= 0.3 is 0 Å². The number of hydrogen-bond donors (Lipinski definition) is 1. The summed E-state index contributed by atoms with van der Waals surface area (Å²) in [6.07, 6.45) is 1.32. The molecule has 4 nitrogen and oxygen atoms in total. The van der Waals surface area contributed by atoms with E-state index in [0.717, 1.165) is 4.47 Å². The Morgan fingerprint density at radius 1 is 1.43 bits per heavy atom. The second kappa shape index (κ2) is 6.03. The number of hydrogen-bond acceptors (Lipinski definition) is 4. The first-order valence-electron chi connectivity index (χ1n) is 6.99. The third kappa shape index (κ3) is 2.67. The number of Topliss-reactive ketones (excluding diaryl/α,β-unsaturated/α-hetero) is 1. The molecule has 118 valence electrons. The fourth-order valence-electron chi connectivity index (χ4n) is 2.76. The average molecular weight is 392 g/mol. The molecule has 1 amide bonds. The molecule has 23 heavy (non-hydrogen) atoms. The van der Waals surface area contributed by atoms with Crippen LogP contribution in [0, 0.1) is 0 Å². The highest BCUT2D eigenvalue weighted by Crippen LogP contribution is 2.44. The smallest absolute Gasteiger partial charge is 0.264 e. The van der Waals surface area contributed by atoms with Gasteiger partial charge in [0.25, 0.3) is 5.91 Å². The molecule has 3 rings (SSSR count). The molecule has 0 aliphatic carbocycles. The van der Waals surface area contributed by atoms with Gasteiger partial charge in [0.2, 0.25) is 0 Å². The lowest BCUT2D eigenvalue weighted by Gasteiger charge is -2.21. The lowest BCUT2D eigenvalue weighted by atomic mass is 9.89. The molecular formula is C17H14BrNO3S. The summed E-state index contributed by atoms with van der Waals surface area (Å²) in [6.45, 7) is 3.93. The third-order valence-corrected chi connectivity index (χ3v) is 5.22. The number of carbonyl (C=O) groups is 2. The summed E-state index contributed by atoms with van der Waals surface area (Å²) >= 11 is 4.66. The summed E-state index contributed by atoms with van der Waals surface area (Å²) < 4.78 is 0.742. The van der Waals surface area contributed by atoms with Gasteiger partial charge in [-0.25, -0.2) is 0 Å². The van der Waals surface area contributed by atoms with E-state index in [9.17, 15) is 14.7 Å². The van der Waals surface area contributed by atoms with Crippen molar-refractivity contribution < 1.29 is 14.7 Å². The normalized spacial score (nSPS) is 19.7. The second-order valence-electron chi connectivity index (χ2n) is 5.30. The van der Waals surface area contributed by atoms with E-state index in [0.29, 0.717) is 16.1 Å². The SMILES string of the molecule is C=CCN1C(=O)C(O)(CC(=O)c2cccs2)c2cc(Br)ccc21. The minimum atomic E-state index is -1.84. The molecule has 2 aromatic rings. The first-order chi connectivity index (χ1) is 11.0. The van der Waals surface area contributed by atoms with Crippen LogP contribution >= 0.6 is 27.3 Å². The predicted octanol–water partition coefficient (Wildman–Crippen LogP) is 3.50. The Balaban J connectivity index is 2.04. The zero-order chi connectivity index (χ0) is 16.6. The highest BCUT2D eigenvalue weighted by atomic mass is 79.9. The van der Waals surface area contributed by atoms with Gasteiger partial charge in [0.05, 0.1) is 17.0 Å². The number of benzene rings is 1. The van der Waals surface area contributed by atoms with Crippen LogP contribution in [-0.2, 0) is 10.4 Å². The van der Waals surface area contributed by atoms with Crippen LogP contribution in [0.3, 0.4) is 0 Å². The third-order valence-electron chi connectivity index (χ3n) is 3.82. The summed E-state index contributed by atoms with van der Waals surface area (Å²) in [4.78, 5) is 27.2. The molecule has 1 unspecified atom stereocenters. The first kappa shape index (κ1) is 16.1. The number of carbonyl (C=O) groups excluding carboxylic acids is 2. The number of nitrogens with zero attached hydrogens (tertiary/aromatic N) is 1. The van der Waals surface area contributed by atoms with Gasteiger partial charge in [-0.05, 0) is 29.6 Å². The number of ketones is 1. The van der Waals surface area contributed by atoms with E-state index >= 15 is 0 Å². The summed E-state index contributed by atoms with van der Waals surface area (Å²) in [7, 11) is 0. The number of halogens is 1. The molecule has 1 aliphatic heterocycles. The molecule has 2 heterocycles. The fraction of sp³-hybridized carbons (Fsp3) is 0.176. The van der Waals surface area contributed by atoms with E-state index in [4.69, 9.17) is 0 Å². The van der Waals surface area contributed by atoms with Crippen molar-refractivity contribution in [3.8, 4) is 0 Å². The summed E-state index contributed by atoms with van der Waals surface area (Å²) in [5.41, 5.74) is -0.786. The van der Waals surface area contributed by atoms with Crippen LogP contribution in [0.1, 0.15) is 21.7 Å². The number of thiophene rings is 1. The van der Waals surface area contributed by atoms with E-state index in [1.54, 1.807) is 41.8 Å². The highest BCUT2D eigenvalue weighted by Gasteiger charge is 2.50. The Morgan fingerprint density at radius 2 is 2.22 bits per heavy atom. The quantitative estimate of drug-likeness (QED) is 0.626. The van der Waals surface area contributed by atoms with Crippen molar-refractivity contribution in [2.75, 3.05) is 11.4 Å². The number of amides is 1. The van der Waals surface area contributed by atoms with Crippen molar-refractivity contribution in [2.24, 2.45) is 0 Å². The maximum Gasteiger partial charge on any atom is 0.264 e. The van der Waals surface area contributed by atoms with Crippen LogP contribution in [0.5, 0.6) is 0 Å². The summed E-state index contributed by atoms with van der Waals surface area (Å²) in [6, 6.07) is 8.72. The van der Waals surface area contributed by atoms with Crippen molar-refractivity contribution in [3.05, 3.63) is 63.3 Å². The van der Waals surface area contributed by atoms with Gasteiger partial charge < -0.3 is 10.0 Å². The van der Waals surface area contributed by atoms with Crippen molar-refractivity contribution in [2.45, 2.75) is 12.0 Å². The Morgan fingerprint density at radius 3 is 2.87 bits per heavy atom. The average Bonchev–Trinajstić information content (AvgIpc) is 3.11. The number of fused-ring (bicyclic) bond motifs is 1. The maximum absolute atomic E-state index is 12.8. The van der Waals surface area contributed by atoms with Gasteiger partial charge in [-0.3, -0.25) is 9.59 Å². The molecule has 0 saturated carbocycles. The number of aliphatic hydroxyl groups is 1. The number of rotatable bonds is 5. The molecule has 0 fully saturated rings. The summed E-state index contributed by atoms with van der Waals surface area (Å²) in [5.74, 6) is -0.738. The Kier molecular flexibility index (Phi) is 4.23. The minimum absolute atomic E-state index is 0.248. The molecule has 0 bridgehead atoms. The fourth-order valence-corrected chi connectivity index (χ4v) is 3.79. The van der Waals surface area contributed by atoms with E-state index < -0.39 is 11.5 Å². The largest absolute Gasteiger partial charge is 0.375 e. The van der Waals surface area contributed by atoms with E-state index in [2.05, 4.69) is 22.5 Å². The molecule has 0 radical (unpaired) electrons. The molecule has 1 N–H and O–H groups in total. The highest BCUT2D eigenvalue weighted by molar-refractivity contribution is 9.10. The molecule has 1 aromatic carbocycles. The van der Waals surface area contributed by atoms with Gasteiger partial charge in [0, 0.05) is 16.6 Å². The molecule has 1 aromatic heterocycles. The van der Waals surface area contributed by atoms with Crippen molar-refractivity contribution in [1.82, 2.24) is 0 Å². The van der Waals surface area contributed by atoms with Gasteiger partial charge in [-0.15, -0.1) is 17.9 Å². The van der Waals surface area contributed by atoms with Gasteiger partial charge in [-0.2, -0.15) is 0 Å². The van der Waals surface area contributed by atoms with Crippen LogP contribution in [0.15, 0.2) is 52.8 Å². The molecule has 0 saturated heterocycles. The molecule has 0 spiro atoms. The molecule has 6 heteroatoms. The number of anilines is 1. The van der Waals surface area contributed by atoms with Crippen molar-refractivity contribution >= 4 is 44.6 Å². The Hall–Kier alpha value is -1.76. The monoisotopic (exact) mass is 391 g/mol. The van der Waals surface area contributed by atoms with Crippen molar-refractivity contribution in [1.29, 1.82) is 0 Å². The van der Waals surface area contributed by atoms with Crippen LogP contribution in [0.2, 0.25) is 0 Å². The maximum atomic E-state index is 12.8. The van der Waals surface area contributed by atoms with E-state index in [-0.39, 0.29) is 18.7 Å². The molecular weight excluding hydrogens is 378 g/mol. The zero-order valence-electron chi connectivity index (χ0n) is 12.2. The Labute approximate surface area is 146 Å². The standard InChI is InChI=1S/C17H14BrNO3S/c1-2-7-19-13-6-5-11(18)9-12(13)17(22,16(19)21)10-14(20)15-4-3-8-23-15/h2-6,8-9,22H,1,7,10H2. The zero-order valence-corrected chi connectivity index (χ0v) is 14.6. The first-order valence-corrected chi connectivity index (χ1v) is 8.66. The summed E-state index contributed by atoms with van der Waals surface area (Å²) in [5, 5.41) is 12.8. The topological polar surface area (TPSA) is 57.6 Å². The van der Waals surface area contributed by atoms with Gasteiger partial charge in [0.15, 0.2) is 11.4 Å². The lowest BCUT2D eigenvalue weighted by Crippen LogP contribution is -2.41.